The second-order valence-electron chi connectivity index (χ2n) is 5.07. The highest BCUT2D eigenvalue weighted by Crippen LogP contribution is 2.29. The largest absolute Gasteiger partial charge is 0.469 e. The molecule has 104 valence electrons. The molecule has 1 saturated heterocycles. The van der Waals surface area contributed by atoms with E-state index in [0.717, 1.165) is 25.9 Å². The van der Waals surface area contributed by atoms with Crippen molar-refractivity contribution in [1.29, 1.82) is 0 Å². The first kappa shape index (κ1) is 13.8. The SMILES string of the molecule is COC(=O)[C@H]1CC[C@H](OC2CCCCO2)[C@@H](O)C1. The molecular formula is C13H22O5. The number of aliphatic hydroxyl groups excluding tert-OH is 1. The Hall–Kier alpha value is -0.650. The van der Waals surface area contributed by atoms with Crippen LogP contribution in [-0.2, 0) is 19.0 Å². The van der Waals surface area contributed by atoms with Crippen LogP contribution < -0.4 is 0 Å². The Balaban J connectivity index is 1.79. The van der Waals surface area contributed by atoms with Crippen LogP contribution in [0.5, 0.6) is 0 Å². The lowest BCUT2D eigenvalue weighted by Gasteiger charge is -2.35. The van der Waals surface area contributed by atoms with Crippen molar-refractivity contribution in [3.8, 4) is 0 Å². The average Bonchev–Trinajstić information content (AvgIpc) is 2.41. The molecule has 0 aromatic rings. The summed E-state index contributed by atoms with van der Waals surface area (Å²) < 4.78 is 16.0. The van der Waals surface area contributed by atoms with E-state index in [0.29, 0.717) is 19.3 Å². The lowest BCUT2D eigenvalue weighted by atomic mass is 9.85. The smallest absolute Gasteiger partial charge is 0.308 e. The normalized spacial score (nSPS) is 37.2. The van der Waals surface area contributed by atoms with Gasteiger partial charge in [-0.3, -0.25) is 4.79 Å². The summed E-state index contributed by atoms with van der Waals surface area (Å²) in [4.78, 5) is 11.4. The number of rotatable bonds is 3. The van der Waals surface area contributed by atoms with E-state index in [9.17, 15) is 9.90 Å². The minimum atomic E-state index is -0.603. The Morgan fingerprint density at radius 3 is 2.72 bits per heavy atom. The standard InChI is InChI=1S/C13H22O5/c1-16-13(15)9-5-6-11(10(14)8-9)18-12-4-2-3-7-17-12/h9-12,14H,2-8H2,1H3/t9-,10-,11-,12?/m0/s1. The molecule has 0 aromatic heterocycles. The van der Waals surface area contributed by atoms with E-state index in [-0.39, 0.29) is 24.3 Å². The molecule has 2 rings (SSSR count). The fourth-order valence-corrected chi connectivity index (χ4v) is 2.67. The number of carbonyl (C=O) groups is 1. The predicted molar refractivity (Wildman–Crippen MR) is 63.8 cm³/mol. The highest BCUT2D eigenvalue weighted by atomic mass is 16.7. The van der Waals surface area contributed by atoms with Crippen molar-refractivity contribution in [2.75, 3.05) is 13.7 Å². The van der Waals surface area contributed by atoms with Crippen molar-refractivity contribution in [2.24, 2.45) is 5.92 Å². The summed E-state index contributed by atoms with van der Waals surface area (Å²) in [6, 6.07) is 0. The number of ether oxygens (including phenoxy) is 3. The summed E-state index contributed by atoms with van der Waals surface area (Å²) >= 11 is 0. The topological polar surface area (TPSA) is 65.0 Å². The summed E-state index contributed by atoms with van der Waals surface area (Å²) in [6.45, 7) is 0.734. The van der Waals surface area contributed by atoms with E-state index in [1.165, 1.54) is 7.11 Å². The van der Waals surface area contributed by atoms with Gasteiger partial charge >= 0.3 is 5.97 Å². The van der Waals surface area contributed by atoms with Gasteiger partial charge in [-0.25, -0.2) is 0 Å². The zero-order valence-electron chi connectivity index (χ0n) is 10.8. The summed E-state index contributed by atoms with van der Waals surface area (Å²) in [5, 5.41) is 10.0. The van der Waals surface area contributed by atoms with E-state index in [2.05, 4.69) is 0 Å². The predicted octanol–water partition coefficient (Wildman–Crippen LogP) is 1.23. The van der Waals surface area contributed by atoms with E-state index < -0.39 is 6.10 Å². The second kappa shape index (κ2) is 6.50. The van der Waals surface area contributed by atoms with E-state index >= 15 is 0 Å². The lowest BCUT2D eigenvalue weighted by molar-refractivity contribution is -0.216. The van der Waals surface area contributed by atoms with Crippen molar-refractivity contribution < 1.29 is 24.1 Å². The van der Waals surface area contributed by atoms with Gasteiger partial charge in [-0.2, -0.15) is 0 Å². The van der Waals surface area contributed by atoms with Crippen molar-refractivity contribution in [2.45, 2.75) is 57.0 Å². The van der Waals surface area contributed by atoms with Gasteiger partial charge in [0.15, 0.2) is 6.29 Å². The number of hydrogen-bond donors (Lipinski definition) is 1. The molecule has 1 heterocycles. The first-order valence-electron chi connectivity index (χ1n) is 6.73. The van der Waals surface area contributed by atoms with Crippen molar-refractivity contribution in [3.05, 3.63) is 0 Å². The maximum atomic E-state index is 11.4. The third-order valence-electron chi connectivity index (χ3n) is 3.75. The van der Waals surface area contributed by atoms with Crippen LogP contribution >= 0.6 is 0 Å². The van der Waals surface area contributed by atoms with Gasteiger partial charge in [0.05, 0.1) is 25.2 Å². The van der Waals surface area contributed by atoms with Crippen LogP contribution in [0.25, 0.3) is 0 Å². The maximum Gasteiger partial charge on any atom is 0.308 e. The van der Waals surface area contributed by atoms with Crippen LogP contribution in [0.2, 0.25) is 0 Å². The zero-order chi connectivity index (χ0) is 13.0. The molecule has 2 aliphatic rings. The molecule has 1 saturated carbocycles. The maximum absolute atomic E-state index is 11.4. The minimum Gasteiger partial charge on any atom is -0.469 e. The van der Waals surface area contributed by atoms with Gasteiger partial charge in [0, 0.05) is 6.61 Å². The van der Waals surface area contributed by atoms with Crippen LogP contribution in [0.15, 0.2) is 0 Å². The monoisotopic (exact) mass is 258 g/mol. The Morgan fingerprint density at radius 1 is 1.28 bits per heavy atom. The Morgan fingerprint density at radius 2 is 2.11 bits per heavy atom. The van der Waals surface area contributed by atoms with E-state index in [1.54, 1.807) is 0 Å². The molecule has 1 N–H and O–H groups in total. The molecule has 1 unspecified atom stereocenters. The molecule has 1 aliphatic carbocycles. The van der Waals surface area contributed by atoms with Gasteiger partial charge in [-0.1, -0.05) is 0 Å². The molecule has 0 aromatic carbocycles. The zero-order valence-corrected chi connectivity index (χ0v) is 10.8. The molecular weight excluding hydrogens is 236 g/mol. The van der Waals surface area contributed by atoms with Crippen molar-refractivity contribution in [3.63, 3.8) is 0 Å². The molecule has 0 radical (unpaired) electrons. The molecule has 0 bridgehead atoms. The van der Waals surface area contributed by atoms with E-state index in [1.807, 2.05) is 0 Å². The minimum absolute atomic E-state index is 0.187. The van der Waals surface area contributed by atoms with Crippen molar-refractivity contribution >= 4 is 5.97 Å². The number of methoxy groups -OCH3 is 1. The first-order chi connectivity index (χ1) is 8.70. The van der Waals surface area contributed by atoms with Gasteiger partial charge in [0.25, 0.3) is 0 Å². The van der Waals surface area contributed by atoms with Gasteiger partial charge in [-0.15, -0.1) is 0 Å². The number of carbonyl (C=O) groups excluding carboxylic acids is 1. The molecule has 2 fully saturated rings. The highest BCUT2D eigenvalue weighted by molar-refractivity contribution is 5.72. The van der Waals surface area contributed by atoms with Crippen LogP contribution in [0.4, 0.5) is 0 Å². The highest BCUT2D eigenvalue weighted by Gasteiger charge is 2.35. The van der Waals surface area contributed by atoms with Gasteiger partial charge in [0.1, 0.15) is 0 Å². The molecule has 0 spiro atoms. The molecule has 5 heteroatoms. The third-order valence-corrected chi connectivity index (χ3v) is 3.75. The van der Waals surface area contributed by atoms with Gasteiger partial charge < -0.3 is 19.3 Å². The average molecular weight is 258 g/mol. The van der Waals surface area contributed by atoms with Gasteiger partial charge in [-0.05, 0) is 38.5 Å². The fraction of sp³-hybridized carbons (Fsp3) is 0.923. The van der Waals surface area contributed by atoms with E-state index in [4.69, 9.17) is 14.2 Å². The molecule has 0 amide bonds. The fourth-order valence-electron chi connectivity index (χ4n) is 2.67. The van der Waals surface area contributed by atoms with Gasteiger partial charge in [0.2, 0.25) is 0 Å². The summed E-state index contributed by atoms with van der Waals surface area (Å²) in [5.41, 5.74) is 0. The molecule has 18 heavy (non-hydrogen) atoms. The number of hydrogen-bond acceptors (Lipinski definition) is 5. The molecule has 5 nitrogen and oxygen atoms in total. The Bertz CT molecular complexity index is 275. The van der Waals surface area contributed by atoms with Crippen LogP contribution in [0.1, 0.15) is 38.5 Å². The second-order valence-corrected chi connectivity index (χ2v) is 5.07. The molecule has 4 atom stereocenters. The summed E-state index contributed by atoms with van der Waals surface area (Å²) in [5.74, 6) is -0.432. The number of aliphatic hydroxyl groups is 1. The third kappa shape index (κ3) is 3.43. The first-order valence-corrected chi connectivity index (χ1v) is 6.73. The Kier molecular flexibility index (Phi) is 4.97. The number of esters is 1. The lowest BCUT2D eigenvalue weighted by Crippen LogP contribution is -2.41. The van der Waals surface area contributed by atoms with Crippen LogP contribution in [0, 0.1) is 5.92 Å². The summed E-state index contributed by atoms with van der Waals surface area (Å²) in [6.07, 6.45) is 3.89. The molecule has 1 aliphatic heterocycles. The van der Waals surface area contributed by atoms with Crippen LogP contribution in [0.3, 0.4) is 0 Å². The van der Waals surface area contributed by atoms with Crippen molar-refractivity contribution in [1.82, 2.24) is 0 Å². The van der Waals surface area contributed by atoms with Crippen LogP contribution in [-0.4, -0.2) is 43.3 Å². The quantitative estimate of drug-likeness (QED) is 0.771. The summed E-state index contributed by atoms with van der Waals surface area (Å²) in [7, 11) is 1.38. The Labute approximate surface area is 107 Å².